The highest BCUT2D eigenvalue weighted by molar-refractivity contribution is 8.00. The summed E-state index contributed by atoms with van der Waals surface area (Å²) in [6.45, 7) is 2.31. The van der Waals surface area contributed by atoms with Crippen molar-refractivity contribution in [2.75, 3.05) is 18.8 Å². The minimum atomic E-state index is -0.103. The first kappa shape index (κ1) is 16.6. The predicted octanol–water partition coefficient (Wildman–Crippen LogP) is 2.84. The molecule has 2 rings (SSSR count). The van der Waals surface area contributed by atoms with E-state index in [9.17, 15) is 9.59 Å². The van der Waals surface area contributed by atoms with Gasteiger partial charge in [-0.15, -0.1) is 11.8 Å². The first-order valence-corrected chi connectivity index (χ1v) is 8.25. The first-order valence-electron chi connectivity index (χ1n) is 6.89. The number of halogens is 1. The Balaban J connectivity index is 1.92. The molecule has 0 aliphatic rings. The van der Waals surface area contributed by atoms with Gasteiger partial charge in [-0.2, -0.15) is 0 Å². The zero-order valence-corrected chi connectivity index (χ0v) is 13.8. The van der Waals surface area contributed by atoms with Crippen LogP contribution in [0.3, 0.4) is 0 Å². The van der Waals surface area contributed by atoms with Crippen LogP contribution in [0.4, 0.5) is 0 Å². The fourth-order valence-corrected chi connectivity index (χ4v) is 3.29. The molecule has 2 amide bonds. The van der Waals surface area contributed by atoms with E-state index in [0.717, 1.165) is 15.7 Å². The summed E-state index contributed by atoms with van der Waals surface area (Å²) in [5.74, 6) is 0.137. The summed E-state index contributed by atoms with van der Waals surface area (Å²) < 4.78 is 0. The van der Waals surface area contributed by atoms with Crippen LogP contribution in [-0.4, -0.2) is 30.7 Å². The van der Waals surface area contributed by atoms with Crippen LogP contribution in [0.5, 0.6) is 0 Å². The lowest BCUT2D eigenvalue weighted by Crippen LogP contribution is -2.34. The van der Waals surface area contributed by atoms with Gasteiger partial charge >= 0.3 is 0 Å². The molecule has 0 unspecified atom stereocenters. The Hall–Kier alpha value is -1.72. The number of carbonyl (C=O) groups excluding carboxylic acids is 2. The van der Waals surface area contributed by atoms with Gasteiger partial charge in [0, 0.05) is 35.3 Å². The second kappa shape index (κ2) is 8.06. The topological polar surface area (TPSA) is 58.2 Å². The third-order valence-corrected chi connectivity index (χ3v) is 4.37. The minimum Gasteiger partial charge on any atom is -0.355 e. The van der Waals surface area contributed by atoms with Crippen LogP contribution in [0.15, 0.2) is 41.3 Å². The van der Waals surface area contributed by atoms with E-state index in [-0.39, 0.29) is 11.8 Å². The van der Waals surface area contributed by atoms with Crippen molar-refractivity contribution in [2.24, 2.45) is 0 Å². The molecule has 0 saturated carbocycles. The fraction of sp³-hybridized carbons (Fsp3) is 0.250. The van der Waals surface area contributed by atoms with Gasteiger partial charge in [0.1, 0.15) is 0 Å². The number of nitrogens with one attached hydrogen (secondary N) is 2. The molecular weight excluding hydrogens is 320 g/mol. The van der Waals surface area contributed by atoms with E-state index in [1.54, 1.807) is 0 Å². The van der Waals surface area contributed by atoms with Crippen molar-refractivity contribution in [3.05, 3.63) is 41.4 Å². The predicted molar refractivity (Wildman–Crippen MR) is 91.4 cm³/mol. The molecule has 0 saturated heterocycles. The maximum absolute atomic E-state index is 11.8. The lowest BCUT2D eigenvalue weighted by molar-refractivity contribution is -0.120. The molecule has 2 aromatic carbocycles. The Bertz CT molecular complexity index is 686. The molecule has 22 heavy (non-hydrogen) atoms. The summed E-state index contributed by atoms with van der Waals surface area (Å²) in [5, 5.41) is 8.11. The standard InChI is InChI=1S/C16H17ClN2O2S/c1-11(20)18-8-9-19-15(21)10-22-14-7-3-5-12-4-2-6-13(17)16(12)14/h2-7H,8-10H2,1H3,(H,18,20)(H,19,21). The van der Waals surface area contributed by atoms with E-state index in [4.69, 9.17) is 11.6 Å². The second-order valence-corrected chi connectivity index (χ2v) is 6.14. The number of benzene rings is 2. The summed E-state index contributed by atoms with van der Waals surface area (Å²) >= 11 is 7.71. The van der Waals surface area contributed by atoms with Crippen LogP contribution in [0, 0.1) is 0 Å². The van der Waals surface area contributed by atoms with E-state index in [0.29, 0.717) is 23.9 Å². The number of hydrogen-bond donors (Lipinski definition) is 2. The average Bonchev–Trinajstić information content (AvgIpc) is 2.49. The largest absolute Gasteiger partial charge is 0.355 e. The van der Waals surface area contributed by atoms with E-state index < -0.39 is 0 Å². The Morgan fingerprint density at radius 2 is 1.77 bits per heavy atom. The van der Waals surface area contributed by atoms with Crippen molar-refractivity contribution >= 4 is 45.9 Å². The van der Waals surface area contributed by atoms with Crippen molar-refractivity contribution in [1.29, 1.82) is 0 Å². The van der Waals surface area contributed by atoms with E-state index >= 15 is 0 Å². The SMILES string of the molecule is CC(=O)NCCNC(=O)CSc1cccc2cccc(Cl)c12. The maximum Gasteiger partial charge on any atom is 0.230 e. The van der Waals surface area contributed by atoms with Crippen LogP contribution in [0.25, 0.3) is 10.8 Å². The highest BCUT2D eigenvalue weighted by Gasteiger charge is 2.08. The van der Waals surface area contributed by atoms with Crippen LogP contribution in [0.1, 0.15) is 6.92 Å². The lowest BCUT2D eigenvalue weighted by atomic mass is 10.1. The van der Waals surface area contributed by atoms with Crippen molar-refractivity contribution in [1.82, 2.24) is 10.6 Å². The number of carbonyl (C=O) groups is 2. The molecule has 0 aromatic heterocycles. The van der Waals surface area contributed by atoms with Crippen LogP contribution in [-0.2, 0) is 9.59 Å². The van der Waals surface area contributed by atoms with Gasteiger partial charge in [0.15, 0.2) is 0 Å². The van der Waals surface area contributed by atoms with Gasteiger partial charge in [-0.25, -0.2) is 0 Å². The lowest BCUT2D eigenvalue weighted by Gasteiger charge is -2.09. The normalized spacial score (nSPS) is 10.5. The van der Waals surface area contributed by atoms with Gasteiger partial charge in [-0.05, 0) is 17.5 Å². The number of fused-ring (bicyclic) bond motifs is 1. The summed E-state index contributed by atoms with van der Waals surface area (Å²) in [4.78, 5) is 23.5. The van der Waals surface area contributed by atoms with Gasteiger partial charge in [0.2, 0.25) is 11.8 Å². The quantitative estimate of drug-likeness (QED) is 0.630. The Kier molecular flexibility index (Phi) is 6.10. The maximum atomic E-state index is 11.8. The smallest absolute Gasteiger partial charge is 0.230 e. The molecule has 0 radical (unpaired) electrons. The highest BCUT2D eigenvalue weighted by Crippen LogP contribution is 2.32. The van der Waals surface area contributed by atoms with Crippen molar-refractivity contribution < 1.29 is 9.59 Å². The molecule has 116 valence electrons. The van der Waals surface area contributed by atoms with Gasteiger partial charge in [0.25, 0.3) is 0 Å². The molecule has 0 aliphatic carbocycles. The zero-order valence-electron chi connectivity index (χ0n) is 12.2. The number of rotatable bonds is 6. The Morgan fingerprint density at radius 1 is 1.09 bits per heavy atom. The van der Waals surface area contributed by atoms with Gasteiger partial charge in [-0.3, -0.25) is 9.59 Å². The number of hydrogen-bond acceptors (Lipinski definition) is 3. The number of amides is 2. The molecule has 0 bridgehead atoms. The van der Waals surface area contributed by atoms with E-state index in [2.05, 4.69) is 10.6 Å². The molecule has 2 N–H and O–H groups in total. The molecule has 0 aliphatic heterocycles. The van der Waals surface area contributed by atoms with Crippen LogP contribution < -0.4 is 10.6 Å². The van der Waals surface area contributed by atoms with Gasteiger partial charge in [-0.1, -0.05) is 35.9 Å². The minimum absolute atomic E-state index is 0.0700. The molecular formula is C16H17ClN2O2S. The van der Waals surface area contributed by atoms with E-state index in [1.807, 2.05) is 36.4 Å². The number of thioether (sulfide) groups is 1. The zero-order chi connectivity index (χ0) is 15.9. The molecule has 0 fully saturated rings. The summed E-state index contributed by atoms with van der Waals surface area (Å²) in [6.07, 6.45) is 0. The van der Waals surface area contributed by atoms with E-state index in [1.165, 1.54) is 18.7 Å². The fourth-order valence-electron chi connectivity index (χ4n) is 2.02. The molecule has 6 heteroatoms. The summed E-state index contributed by atoms with van der Waals surface area (Å²) in [7, 11) is 0. The van der Waals surface area contributed by atoms with Gasteiger partial charge in [0.05, 0.1) is 5.75 Å². The molecule has 4 nitrogen and oxygen atoms in total. The Morgan fingerprint density at radius 3 is 2.50 bits per heavy atom. The molecule has 0 atom stereocenters. The first-order chi connectivity index (χ1) is 10.6. The molecule has 2 aromatic rings. The van der Waals surface area contributed by atoms with Crippen LogP contribution in [0.2, 0.25) is 5.02 Å². The second-order valence-electron chi connectivity index (χ2n) is 4.72. The van der Waals surface area contributed by atoms with Crippen LogP contribution >= 0.6 is 23.4 Å². The van der Waals surface area contributed by atoms with Crippen molar-refractivity contribution in [3.8, 4) is 0 Å². The summed E-state index contributed by atoms with van der Waals surface area (Å²) in [6, 6.07) is 11.7. The third-order valence-electron chi connectivity index (χ3n) is 3.00. The molecule has 0 heterocycles. The summed E-state index contributed by atoms with van der Waals surface area (Å²) in [5.41, 5.74) is 0. The molecule has 0 spiro atoms. The average molecular weight is 337 g/mol. The third kappa shape index (κ3) is 4.64. The highest BCUT2D eigenvalue weighted by atomic mass is 35.5. The monoisotopic (exact) mass is 336 g/mol. The Labute approximate surface area is 138 Å². The van der Waals surface area contributed by atoms with Crippen molar-refractivity contribution in [2.45, 2.75) is 11.8 Å². The van der Waals surface area contributed by atoms with Gasteiger partial charge < -0.3 is 10.6 Å². The van der Waals surface area contributed by atoms with Crippen molar-refractivity contribution in [3.63, 3.8) is 0 Å².